The Labute approximate surface area is 69.1 Å². The van der Waals surface area contributed by atoms with Gasteiger partial charge < -0.3 is 16.2 Å². The molecule has 0 rings (SSSR count). The van der Waals surface area contributed by atoms with Crippen molar-refractivity contribution in [1.29, 1.82) is 0 Å². The summed E-state index contributed by atoms with van der Waals surface area (Å²) < 4.78 is 5.41. The molecule has 0 aliphatic carbocycles. The molecule has 0 aromatic rings. The van der Waals surface area contributed by atoms with E-state index in [0.29, 0.717) is 6.61 Å². The van der Waals surface area contributed by atoms with Gasteiger partial charge >= 0.3 is 0 Å². The van der Waals surface area contributed by atoms with Crippen LogP contribution in [0.1, 0.15) is 27.2 Å². The zero-order valence-electron chi connectivity index (χ0n) is 7.71. The third-order valence-corrected chi connectivity index (χ3v) is 1.69. The molecule has 0 aromatic heterocycles. The summed E-state index contributed by atoms with van der Waals surface area (Å²) in [5.74, 6) is 0. The van der Waals surface area contributed by atoms with E-state index in [0.717, 1.165) is 6.42 Å². The Morgan fingerprint density at radius 2 is 1.73 bits per heavy atom. The SMILES string of the molecule is CC(N)CCOC(C)C(C)N. The second-order valence-electron chi connectivity index (χ2n) is 3.20. The van der Waals surface area contributed by atoms with E-state index in [1.54, 1.807) is 0 Å². The van der Waals surface area contributed by atoms with E-state index < -0.39 is 0 Å². The molecule has 3 nitrogen and oxygen atoms in total. The van der Waals surface area contributed by atoms with Crippen LogP contribution < -0.4 is 11.5 Å². The fourth-order valence-corrected chi connectivity index (χ4v) is 0.592. The lowest BCUT2D eigenvalue weighted by Crippen LogP contribution is -2.32. The topological polar surface area (TPSA) is 61.3 Å². The van der Waals surface area contributed by atoms with Crippen LogP contribution in [0.15, 0.2) is 0 Å². The standard InChI is InChI=1S/C8H20N2O/c1-6(9)4-5-11-8(3)7(2)10/h6-8H,4-5,9-10H2,1-3H3. The van der Waals surface area contributed by atoms with Crippen molar-refractivity contribution in [2.24, 2.45) is 11.5 Å². The summed E-state index contributed by atoms with van der Waals surface area (Å²) in [7, 11) is 0. The molecule has 0 fully saturated rings. The first-order valence-corrected chi connectivity index (χ1v) is 4.16. The molecule has 3 atom stereocenters. The molecule has 4 N–H and O–H groups in total. The van der Waals surface area contributed by atoms with Gasteiger partial charge in [0.2, 0.25) is 0 Å². The minimum atomic E-state index is 0.100. The van der Waals surface area contributed by atoms with Gasteiger partial charge in [-0.2, -0.15) is 0 Å². The lowest BCUT2D eigenvalue weighted by atomic mass is 10.2. The zero-order chi connectivity index (χ0) is 8.85. The van der Waals surface area contributed by atoms with Gasteiger partial charge in [0.05, 0.1) is 6.10 Å². The van der Waals surface area contributed by atoms with Crippen LogP contribution in [0.4, 0.5) is 0 Å². The van der Waals surface area contributed by atoms with Gasteiger partial charge in [0.25, 0.3) is 0 Å². The van der Waals surface area contributed by atoms with Gasteiger partial charge in [0, 0.05) is 18.7 Å². The number of nitrogens with two attached hydrogens (primary N) is 2. The van der Waals surface area contributed by atoms with Crippen molar-refractivity contribution in [2.75, 3.05) is 6.61 Å². The molecule has 0 radical (unpaired) electrons. The van der Waals surface area contributed by atoms with Crippen LogP contribution in [0.5, 0.6) is 0 Å². The average molecular weight is 160 g/mol. The van der Waals surface area contributed by atoms with Crippen molar-refractivity contribution < 1.29 is 4.74 Å². The number of hydrogen-bond donors (Lipinski definition) is 2. The molecule has 0 amide bonds. The molecular formula is C8H20N2O. The summed E-state index contributed by atoms with van der Waals surface area (Å²) in [6.07, 6.45) is 1.03. The lowest BCUT2D eigenvalue weighted by Gasteiger charge is -2.16. The minimum absolute atomic E-state index is 0.100. The predicted molar refractivity (Wildman–Crippen MR) is 47.3 cm³/mol. The zero-order valence-corrected chi connectivity index (χ0v) is 7.71. The molecule has 0 bridgehead atoms. The van der Waals surface area contributed by atoms with E-state index in [9.17, 15) is 0 Å². The number of rotatable bonds is 5. The van der Waals surface area contributed by atoms with Gasteiger partial charge in [0.1, 0.15) is 0 Å². The Hall–Kier alpha value is -0.120. The van der Waals surface area contributed by atoms with E-state index in [4.69, 9.17) is 16.2 Å². The van der Waals surface area contributed by atoms with Crippen molar-refractivity contribution in [3.05, 3.63) is 0 Å². The normalized spacial score (nSPS) is 19.4. The minimum Gasteiger partial charge on any atom is -0.377 e. The van der Waals surface area contributed by atoms with Crippen molar-refractivity contribution >= 4 is 0 Å². The van der Waals surface area contributed by atoms with Crippen LogP contribution in [0.2, 0.25) is 0 Å². The van der Waals surface area contributed by atoms with Gasteiger partial charge in [0.15, 0.2) is 0 Å². The monoisotopic (exact) mass is 160 g/mol. The van der Waals surface area contributed by atoms with Gasteiger partial charge in [-0.1, -0.05) is 0 Å². The summed E-state index contributed by atoms with van der Waals surface area (Å²) >= 11 is 0. The quantitative estimate of drug-likeness (QED) is 0.615. The van der Waals surface area contributed by atoms with Crippen LogP contribution >= 0.6 is 0 Å². The Bertz CT molecular complexity index is 94.1. The van der Waals surface area contributed by atoms with E-state index in [1.165, 1.54) is 0 Å². The van der Waals surface area contributed by atoms with Gasteiger partial charge in [-0.05, 0) is 27.2 Å². The summed E-state index contributed by atoms with van der Waals surface area (Å²) in [5, 5.41) is 0. The Morgan fingerprint density at radius 1 is 1.18 bits per heavy atom. The number of ether oxygens (including phenoxy) is 1. The Morgan fingerprint density at radius 3 is 2.09 bits per heavy atom. The van der Waals surface area contributed by atoms with E-state index in [2.05, 4.69) is 0 Å². The third-order valence-electron chi connectivity index (χ3n) is 1.69. The average Bonchev–Trinajstić information content (AvgIpc) is 1.86. The molecule has 3 unspecified atom stereocenters. The highest BCUT2D eigenvalue weighted by atomic mass is 16.5. The summed E-state index contributed by atoms with van der Waals surface area (Å²) in [4.78, 5) is 0. The Balaban J connectivity index is 3.24. The highest BCUT2D eigenvalue weighted by Crippen LogP contribution is 1.97. The molecule has 0 spiro atoms. The van der Waals surface area contributed by atoms with Crippen molar-refractivity contribution in [3.8, 4) is 0 Å². The molecule has 0 aliphatic heterocycles. The fourth-order valence-electron chi connectivity index (χ4n) is 0.592. The van der Waals surface area contributed by atoms with Gasteiger partial charge in [-0.15, -0.1) is 0 Å². The van der Waals surface area contributed by atoms with Crippen molar-refractivity contribution in [1.82, 2.24) is 0 Å². The first-order valence-electron chi connectivity index (χ1n) is 4.16. The van der Waals surface area contributed by atoms with E-state index in [1.807, 2.05) is 20.8 Å². The molecule has 68 valence electrons. The maximum atomic E-state index is 5.60. The van der Waals surface area contributed by atoms with Gasteiger partial charge in [-0.3, -0.25) is 0 Å². The predicted octanol–water partition coefficient (Wildman–Crippen LogP) is 0.476. The second-order valence-corrected chi connectivity index (χ2v) is 3.20. The van der Waals surface area contributed by atoms with Crippen LogP contribution in [-0.4, -0.2) is 24.8 Å². The molecule has 0 aliphatic rings. The third kappa shape index (κ3) is 6.28. The first-order chi connectivity index (χ1) is 5.04. The molecule has 0 heterocycles. The number of hydrogen-bond acceptors (Lipinski definition) is 3. The lowest BCUT2D eigenvalue weighted by molar-refractivity contribution is 0.0486. The molecule has 0 saturated carbocycles. The molecule has 0 aromatic carbocycles. The summed E-state index contributed by atoms with van der Waals surface area (Å²) in [6.45, 7) is 6.60. The van der Waals surface area contributed by atoms with Crippen molar-refractivity contribution in [2.45, 2.75) is 45.4 Å². The second kappa shape index (κ2) is 5.52. The molecular weight excluding hydrogens is 140 g/mol. The highest BCUT2D eigenvalue weighted by Gasteiger charge is 2.06. The molecule has 3 heteroatoms. The van der Waals surface area contributed by atoms with Crippen LogP contribution in [0, 0.1) is 0 Å². The maximum absolute atomic E-state index is 5.60. The summed E-state index contributed by atoms with van der Waals surface area (Å²) in [5.41, 5.74) is 11.1. The first kappa shape index (κ1) is 10.9. The molecule has 11 heavy (non-hydrogen) atoms. The Kier molecular flexibility index (Phi) is 5.46. The fraction of sp³-hybridized carbons (Fsp3) is 1.00. The van der Waals surface area contributed by atoms with Crippen LogP contribution in [0.25, 0.3) is 0 Å². The smallest absolute Gasteiger partial charge is 0.0695 e. The maximum Gasteiger partial charge on any atom is 0.0695 e. The largest absolute Gasteiger partial charge is 0.377 e. The van der Waals surface area contributed by atoms with Gasteiger partial charge in [-0.25, -0.2) is 0 Å². The van der Waals surface area contributed by atoms with Crippen molar-refractivity contribution in [3.63, 3.8) is 0 Å². The van der Waals surface area contributed by atoms with E-state index >= 15 is 0 Å². The summed E-state index contributed by atoms with van der Waals surface area (Å²) in [6, 6.07) is 0.318. The van der Waals surface area contributed by atoms with Crippen LogP contribution in [-0.2, 0) is 4.74 Å². The molecule has 0 saturated heterocycles. The van der Waals surface area contributed by atoms with E-state index in [-0.39, 0.29) is 18.2 Å². The highest BCUT2D eigenvalue weighted by molar-refractivity contribution is 4.62. The van der Waals surface area contributed by atoms with Crippen LogP contribution in [0.3, 0.4) is 0 Å².